The van der Waals surface area contributed by atoms with E-state index in [-0.39, 0.29) is 16.9 Å². The SMILES string of the molecule is C=C(C)C(=O)Oc1cccc(C(=O)C(C)(C)O)c1. The smallest absolute Gasteiger partial charge is 0.338 e. The highest BCUT2D eigenvalue weighted by molar-refractivity contribution is 6.02. The molecule has 96 valence electrons. The molecule has 1 rings (SSSR count). The summed E-state index contributed by atoms with van der Waals surface area (Å²) in [5.41, 5.74) is -0.902. The van der Waals surface area contributed by atoms with Crippen molar-refractivity contribution in [1.29, 1.82) is 0 Å². The van der Waals surface area contributed by atoms with Crippen LogP contribution in [0.1, 0.15) is 31.1 Å². The predicted octanol–water partition coefficient (Wildman–Crippen LogP) is 2.12. The number of carbonyl (C=O) groups excluding carboxylic acids is 2. The van der Waals surface area contributed by atoms with Crippen molar-refractivity contribution in [2.24, 2.45) is 0 Å². The molecule has 1 aromatic rings. The molecule has 0 aromatic heterocycles. The number of rotatable bonds is 4. The molecule has 4 heteroatoms. The Bertz CT molecular complexity index is 495. The van der Waals surface area contributed by atoms with Crippen molar-refractivity contribution in [2.75, 3.05) is 0 Å². The Morgan fingerprint density at radius 1 is 1.33 bits per heavy atom. The second-order valence-corrected chi connectivity index (χ2v) is 4.59. The maximum Gasteiger partial charge on any atom is 0.338 e. The Morgan fingerprint density at radius 3 is 2.44 bits per heavy atom. The molecule has 0 saturated heterocycles. The lowest BCUT2D eigenvalue weighted by molar-refractivity contribution is -0.130. The van der Waals surface area contributed by atoms with Gasteiger partial charge in [0.25, 0.3) is 0 Å². The molecule has 0 fully saturated rings. The Labute approximate surface area is 106 Å². The van der Waals surface area contributed by atoms with E-state index in [2.05, 4.69) is 6.58 Å². The van der Waals surface area contributed by atoms with Crippen LogP contribution in [-0.2, 0) is 4.79 Å². The molecular formula is C14H16O4. The van der Waals surface area contributed by atoms with Crippen LogP contribution in [0.2, 0.25) is 0 Å². The highest BCUT2D eigenvalue weighted by atomic mass is 16.5. The van der Waals surface area contributed by atoms with Crippen LogP contribution in [-0.4, -0.2) is 22.5 Å². The molecule has 0 aliphatic heterocycles. The van der Waals surface area contributed by atoms with Crippen LogP contribution < -0.4 is 4.74 Å². The quantitative estimate of drug-likeness (QED) is 0.383. The van der Waals surface area contributed by atoms with Crippen LogP contribution in [0.3, 0.4) is 0 Å². The summed E-state index contributed by atoms with van der Waals surface area (Å²) < 4.78 is 5.01. The van der Waals surface area contributed by atoms with Gasteiger partial charge in [0.15, 0.2) is 5.78 Å². The number of esters is 1. The Morgan fingerprint density at radius 2 is 1.94 bits per heavy atom. The molecule has 0 radical (unpaired) electrons. The monoisotopic (exact) mass is 248 g/mol. The van der Waals surface area contributed by atoms with E-state index in [9.17, 15) is 14.7 Å². The van der Waals surface area contributed by atoms with E-state index in [0.717, 1.165) is 0 Å². The molecular weight excluding hydrogens is 232 g/mol. The first-order valence-corrected chi connectivity index (χ1v) is 5.47. The van der Waals surface area contributed by atoms with Crippen molar-refractivity contribution < 1.29 is 19.4 Å². The summed E-state index contributed by atoms with van der Waals surface area (Å²) in [5.74, 6) is -0.739. The number of hydrogen-bond acceptors (Lipinski definition) is 4. The third-order valence-electron chi connectivity index (χ3n) is 2.21. The number of benzene rings is 1. The van der Waals surface area contributed by atoms with Crippen LogP contribution >= 0.6 is 0 Å². The maximum absolute atomic E-state index is 11.8. The summed E-state index contributed by atoms with van der Waals surface area (Å²) in [6.07, 6.45) is 0. The topological polar surface area (TPSA) is 63.6 Å². The lowest BCUT2D eigenvalue weighted by Gasteiger charge is -2.15. The van der Waals surface area contributed by atoms with Crippen molar-refractivity contribution in [3.8, 4) is 5.75 Å². The summed E-state index contributed by atoms with van der Waals surface area (Å²) in [7, 11) is 0. The summed E-state index contributed by atoms with van der Waals surface area (Å²) in [6, 6.07) is 6.11. The van der Waals surface area contributed by atoms with E-state index < -0.39 is 17.4 Å². The zero-order valence-electron chi connectivity index (χ0n) is 10.7. The fraction of sp³-hybridized carbons (Fsp3) is 0.286. The van der Waals surface area contributed by atoms with Crippen molar-refractivity contribution in [3.63, 3.8) is 0 Å². The van der Waals surface area contributed by atoms with Crippen molar-refractivity contribution in [1.82, 2.24) is 0 Å². The number of carbonyl (C=O) groups is 2. The van der Waals surface area contributed by atoms with Crippen LogP contribution in [0.5, 0.6) is 5.75 Å². The van der Waals surface area contributed by atoms with Gasteiger partial charge in [-0.15, -0.1) is 0 Å². The van der Waals surface area contributed by atoms with Crippen LogP contribution in [0.25, 0.3) is 0 Å². The van der Waals surface area contributed by atoms with Gasteiger partial charge in [0.2, 0.25) is 0 Å². The molecule has 4 nitrogen and oxygen atoms in total. The average molecular weight is 248 g/mol. The van der Waals surface area contributed by atoms with Gasteiger partial charge in [-0.2, -0.15) is 0 Å². The molecule has 0 bridgehead atoms. The van der Waals surface area contributed by atoms with Gasteiger partial charge in [0.1, 0.15) is 11.4 Å². The molecule has 0 atom stereocenters. The highest BCUT2D eigenvalue weighted by Gasteiger charge is 2.25. The Balaban J connectivity index is 2.97. The van der Waals surface area contributed by atoms with E-state index in [4.69, 9.17) is 4.74 Å². The van der Waals surface area contributed by atoms with Crippen LogP contribution in [0.4, 0.5) is 0 Å². The first-order valence-electron chi connectivity index (χ1n) is 5.47. The molecule has 0 saturated carbocycles. The van der Waals surface area contributed by atoms with E-state index in [1.807, 2.05) is 0 Å². The van der Waals surface area contributed by atoms with Gasteiger partial charge in [-0.25, -0.2) is 4.79 Å². The van der Waals surface area contributed by atoms with Gasteiger partial charge in [0, 0.05) is 11.1 Å². The number of hydrogen-bond donors (Lipinski definition) is 1. The van der Waals surface area contributed by atoms with E-state index >= 15 is 0 Å². The molecule has 18 heavy (non-hydrogen) atoms. The fourth-order valence-electron chi connectivity index (χ4n) is 1.25. The minimum Gasteiger partial charge on any atom is -0.423 e. The first-order chi connectivity index (χ1) is 8.21. The lowest BCUT2D eigenvalue weighted by Crippen LogP contribution is -2.31. The second kappa shape index (κ2) is 5.14. The van der Waals surface area contributed by atoms with Gasteiger partial charge in [-0.05, 0) is 32.9 Å². The zero-order chi connectivity index (χ0) is 13.9. The third-order valence-corrected chi connectivity index (χ3v) is 2.21. The van der Waals surface area contributed by atoms with Crippen LogP contribution in [0, 0.1) is 0 Å². The van der Waals surface area contributed by atoms with Crippen molar-refractivity contribution >= 4 is 11.8 Å². The predicted molar refractivity (Wildman–Crippen MR) is 67.5 cm³/mol. The standard InChI is InChI=1S/C14H16O4/c1-9(2)13(16)18-11-7-5-6-10(8-11)12(15)14(3,4)17/h5-8,17H,1H2,2-4H3. The molecule has 0 unspecified atom stereocenters. The molecule has 1 aromatic carbocycles. The van der Waals surface area contributed by atoms with Gasteiger partial charge in [-0.1, -0.05) is 18.7 Å². The Kier molecular flexibility index (Phi) is 4.03. The second-order valence-electron chi connectivity index (χ2n) is 4.59. The summed E-state index contributed by atoms with van der Waals surface area (Å²) in [4.78, 5) is 23.2. The normalized spacial score (nSPS) is 10.9. The molecule has 0 heterocycles. The molecule has 1 N–H and O–H groups in total. The lowest BCUT2D eigenvalue weighted by atomic mass is 9.97. The summed E-state index contributed by atoms with van der Waals surface area (Å²) in [6.45, 7) is 7.81. The van der Waals surface area contributed by atoms with Gasteiger partial charge < -0.3 is 9.84 Å². The number of aliphatic hydroxyl groups is 1. The average Bonchev–Trinajstić information content (AvgIpc) is 2.27. The minimum absolute atomic E-state index is 0.248. The zero-order valence-corrected chi connectivity index (χ0v) is 10.7. The van der Waals surface area contributed by atoms with Gasteiger partial charge >= 0.3 is 5.97 Å². The maximum atomic E-state index is 11.8. The largest absolute Gasteiger partial charge is 0.423 e. The van der Waals surface area contributed by atoms with Crippen LogP contribution in [0.15, 0.2) is 36.4 Å². The summed E-state index contributed by atoms with van der Waals surface area (Å²) in [5, 5.41) is 9.63. The number of Topliss-reactive ketones (excluding diaryl/α,β-unsaturated/α-hetero) is 1. The fourth-order valence-corrected chi connectivity index (χ4v) is 1.25. The van der Waals surface area contributed by atoms with Crippen molar-refractivity contribution in [2.45, 2.75) is 26.4 Å². The minimum atomic E-state index is -1.46. The molecule has 0 spiro atoms. The first kappa shape index (κ1) is 14.1. The Hall–Kier alpha value is -1.94. The van der Waals surface area contributed by atoms with Crippen molar-refractivity contribution in [3.05, 3.63) is 42.0 Å². The number of ether oxygens (including phenoxy) is 1. The molecule has 0 aliphatic carbocycles. The molecule has 0 aliphatic rings. The highest BCUT2D eigenvalue weighted by Crippen LogP contribution is 2.19. The summed E-state index contributed by atoms with van der Waals surface area (Å²) >= 11 is 0. The van der Waals surface area contributed by atoms with E-state index in [1.54, 1.807) is 18.2 Å². The van der Waals surface area contributed by atoms with E-state index in [0.29, 0.717) is 0 Å². The molecule has 0 amide bonds. The van der Waals surface area contributed by atoms with E-state index in [1.165, 1.54) is 26.8 Å². The number of ketones is 1. The van der Waals surface area contributed by atoms with Gasteiger partial charge in [-0.3, -0.25) is 4.79 Å². The van der Waals surface area contributed by atoms with Gasteiger partial charge in [0.05, 0.1) is 0 Å². The third kappa shape index (κ3) is 3.53.